The average molecular weight is 382 g/mol. The van der Waals surface area contributed by atoms with Crippen molar-refractivity contribution in [2.45, 2.75) is 77.6 Å². The molecule has 1 saturated carbocycles. The number of rotatable bonds is 7. The fraction of sp³-hybridized carbons (Fsp3) is 0.500. The Bertz CT molecular complexity index is 815. The zero-order valence-corrected chi connectivity index (χ0v) is 17.0. The lowest BCUT2D eigenvalue weighted by molar-refractivity contribution is -0.137. The number of pyridine rings is 1. The quantitative estimate of drug-likeness (QED) is 0.669. The topological polar surface area (TPSA) is 70.4 Å². The molecule has 0 amide bonds. The third-order valence-corrected chi connectivity index (χ3v) is 5.92. The second-order valence-corrected chi connectivity index (χ2v) is 8.17. The lowest BCUT2D eigenvalue weighted by atomic mass is 9.86. The summed E-state index contributed by atoms with van der Waals surface area (Å²) in [7, 11) is 0. The molecule has 1 aromatic heterocycles. The molecule has 0 bridgehead atoms. The Hall–Kier alpha value is -2.36. The van der Waals surface area contributed by atoms with Crippen LogP contribution in [0.15, 0.2) is 24.3 Å². The van der Waals surface area contributed by atoms with Gasteiger partial charge >= 0.3 is 5.97 Å². The molecule has 1 fully saturated rings. The molecule has 2 N–H and O–H groups in total. The smallest absolute Gasteiger partial charge is 0.303 e. The third kappa shape index (κ3) is 5.12. The van der Waals surface area contributed by atoms with Crippen molar-refractivity contribution in [3.63, 3.8) is 0 Å². The van der Waals surface area contributed by atoms with Crippen LogP contribution in [0.5, 0.6) is 5.75 Å². The van der Waals surface area contributed by atoms with Crippen molar-refractivity contribution in [2.75, 3.05) is 0 Å². The maximum Gasteiger partial charge on any atom is 0.303 e. The predicted molar refractivity (Wildman–Crippen MR) is 111 cm³/mol. The molecule has 1 aliphatic carbocycles. The van der Waals surface area contributed by atoms with Crippen molar-refractivity contribution < 1.29 is 15.0 Å². The van der Waals surface area contributed by atoms with E-state index in [1.54, 1.807) is 6.07 Å². The van der Waals surface area contributed by atoms with Crippen molar-refractivity contribution in [3.8, 4) is 5.75 Å². The van der Waals surface area contributed by atoms with Crippen molar-refractivity contribution in [3.05, 3.63) is 57.9 Å². The molecule has 3 rings (SSSR count). The largest absolute Gasteiger partial charge is 0.506 e. The Labute approximate surface area is 167 Å². The Morgan fingerprint density at radius 2 is 1.79 bits per heavy atom. The number of aryl methyl sites for hydroxylation is 3. The van der Waals surface area contributed by atoms with Crippen LogP contribution < -0.4 is 0 Å². The summed E-state index contributed by atoms with van der Waals surface area (Å²) < 4.78 is 0. The molecule has 0 aliphatic heterocycles. The summed E-state index contributed by atoms with van der Waals surface area (Å²) in [6.45, 7) is 4.23. The lowest BCUT2D eigenvalue weighted by Gasteiger charge is -2.22. The summed E-state index contributed by atoms with van der Waals surface area (Å²) >= 11 is 0. The summed E-state index contributed by atoms with van der Waals surface area (Å²) in [6, 6.07) is 8.08. The Balaban J connectivity index is 1.76. The first-order valence-corrected chi connectivity index (χ1v) is 10.4. The van der Waals surface area contributed by atoms with Gasteiger partial charge in [-0.05, 0) is 73.9 Å². The first-order valence-electron chi connectivity index (χ1n) is 10.4. The molecule has 2 aromatic rings. The number of carbonyl (C=O) groups is 1. The summed E-state index contributed by atoms with van der Waals surface area (Å²) in [4.78, 5) is 15.6. The first kappa shape index (κ1) is 20.4. The second kappa shape index (κ2) is 9.22. The second-order valence-electron chi connectivity index (χ2n) is 8.17. The summed E-state index contributed by atoms with van der Waals surface area (Å²) in [5.41, 5.74) is 6.79. The molecule has 1 aromatic carbocycles. The van der Waals surface area contributed by atoms with Crippen LogP contribution in [0.25, 0.3) is 0 Å². The zero-order chi connectivity index (χ0) is 20.1. The standard InChI is InChI=1S/C24H31NO3/c1-16-13-18(7-6-10-23(27)28)14-17(2)21(16)15-20-11-12-22(26)24(25-20)19-8-4-3-5-9-19/h11-14,19,26H,3-10,15H2,1-2H3,(H,27,28). The number of carboxylic acids is 1. The van der Waals surface area contributed by atoms with Crippen LogP contribution in [-0.2, 0) is 17.6 Å². The maximum absolute atomic E-state index is 10.7. The van der Waals surface area contributed by atoms with Gasteiger partial charge in [-0.1, -0.05) is 31.4 Å². The lowest BCUT2D eigenvalue weighted by Crippen LogP contribution is -2.09. The van der Waals surface area contributed by atoms with E-state index in [0.29, 0.717) is 18.1 Å². The van der Waals surface area contributed by atoms with E-state index in [4.69, 9.17) is 10.1 Å². The maximum atomic E-state index is 10.7. The van der Waals surface area contributed by atoms with Crippen LogP contribution >= 0.6 is 0 Å². The fourth-order valence-corrected chi connectivity index (χ4v) is 4.42. The molecule has 4 heteroatoms. The number of nitrogens with zero attached hydrogens (tertiary/aromatic N) is 1. The molecule has 0 unspecified atom stereocenters. The van der Waals surface area contributed by atoms with E-state index in [1.165, 1.54) is 41.5 Å². The van der Waals surface area contributed by atoms with Crippen LogP contribution in [0.1, 0.15) is 84.5 Å². The molecule has 1 heterocycles. The Morgan fingerprint density at radius 1 is 1.11 bits per heavy atom. The molecule has 28 heavy (non-hydrogen) atoms. The van der Waals surface area contributed by atoms with E-state index in [2.05, 4.69) is 26.0 Å². The van der Waals surface area contributed by atoms with Crippen molar-refractivity contribution >= 4 is 5.97 Å². The van der Waals surface area contributed by atoms with Gasteiger partial charge in [-0.2, -0.15) is 0 Å². The predicted octanol–water partition coefficient (Wildman–Crippen LogP) is 5.45. The van der Waals surface area contributed by atoms with Gasteiger partial charge in [0.2, 0.25) is 0 Å². The molecular weight excluding hydrogens is 350 g/mol. The molecular formula is C24H31NO3. The van der Waals surface area contributed by atoms with Gasteiger partial charge in [0, 0.05) is 24.5 Å². The van der Waals surface area contributed by atoms with Gasteiger partial charge in [-0.25, -0.2) is 0 Å². The van der Waals surface area contributed by atoms with Gasteiger partial charge in [0.25, 0.3) is 0 Å². The van der Waals surface area contributed by atoms with Crippen LogP contribution in [0.3, 0.4) is 0 Å². The minimum absolute atomic E-state index is 0.210. The first-order chi connectivity index (χ1) is 13.4. The summed E-state index contributed by atoms with van der Waals surface area (Å²) in [5.74, 6) is -0.0254. The van der Waals surface area contributed by atoms with Crippen LogP contribution in [0.2, 0.25) is 0 Å². The average Bonchev–Trinajstić information content (AvgIpc) is 2.66. The Kier molecular flexibility index (Phi) is 6.71. The van der Waals surface area contributed by atoms with E-state index in [-0.39, 0.29) is 6.42 Å². The molecule has 0 atom stereocenters. The third-order valence-electron chi connectivity index (χ3n) is 5.92. The zero-order valence-electron chi connectivity index (χ0n) is 17.0. The van der Waals surface area contributed by atoms with Crippen LogP contribution in [0.4, 0.5) is 0 Å². The molecule has 0 radical (unpaired) electrons. The normalized spacial score (nSPS) is 14.9. The van der Waals surface area contributed by atoms with Crippen molar-refractivity contribution in [1.82, 2.24) is 4.98 Å². The van der Waals surface area contributed by atoms with E-state index < -0.39 is 5.97 Å². The van der Waals surface area contributed by atoms with E-state index in [0.717, 1.165) is 37.1 Å². The number of aromatic hydroxyl groups is 1. The number of hydrogen-bond acceptors (Lipinski definition) is 3. The number of aromatic nitrogens is 1. The highest BCUT2D eigenvalue weighted by atomic mass is 16.4. The van der Waals surface area contributed by atoms with Gasteiger partial charge in [0.15, 0.2) is 0 Å². The molecule has 0 spiro atoms. The highest BCUT2D eigenvalue weighted by Crippen LogP contribution is 2.36. The number of carboxylic acid groups (broad SMARTS) is 1. The monoisotopic (exact) mass is 381 g/mol. The number of aliphatic carboxylic acids is 1. The summed E-state index contributed by atoms with van der Waals surface area (Å²) in [6.07, 6.45) is 8.38. The number of benzene rings is 1. The Morgan fingerprint density at radius 3 is 2.43 bits per heavy atom. The molecule has 0 saturated heterocycles. The van der Waals surface area contributed by atoms with E-state index in [1.807, 2.05) is 6.07 Å². The van der Waals surface area contributed by atoms with E-state index in [9.17, 15) is 9.90 Å². The van der Waals surface area contributed by atoms with Gasteiger partial charge in [0.05, 0.1) is 5.69 Å². The van der Waals surface area contributed by atoms with Crippen molar-refractivity contribution in [1.29, 1.82) is 0 Å². The van der Waals surface area contributed by atoms with E-state index >= 15 is 0 Å². The minimum Gasteiger partial charge on any atom is -0.506 e. The fourth-order valence-electron chi connectivity index (χ4n) is 4.42. The van der Waals surface area contributed by atoms with Gasteiger partial charge in [-0.3, -0.25) is 9.78 Å². The van der Waals surface area contributed by atoms with Gasteiger partial charge in [-0.15, -0.1) is 0 Å². The highest BCUT2D eigenvalue weighted by Gasteiger charge is 2.20. The SMILES string of the molecule is Cc1cc(CCCC(=O)O)cc(C)c1Cc1ccc(O)c(C2CCCCC2)n1. The minimum atomic E-state index is -0.739. The summed E-state index contributed by atoms with van der Waals surface area (Å²) in [5, 5.41) is 19.1. The number of hydrogen-bond donors (Lipinski definition) is 2. The molecule has 150 valence electrons. The van der Waals surface area contributed by atoms with Crippen LogP contribution in [0, 0.1) is 13.8 Å². The van der Waals surface area contributed by atoms with Gasteiger partial charge in [0.1, 0.15) is 5.75 Å². The molecule has 1 aliphatic rings. The molecule has 4 nitrogen and oxygen atoms in total. The van der Waals surface area contributed by atoms with Crippen LogP contribution in [-0.4, -0.2) is 21.2 Å². The van der Waals surface area contributed by atoms with Gasteiger partial charge < -0.3 is 10.2 Å². The highest BCUT2D eigenvalue weighted by molar-refractivity contribution is 5.66. The van der Waals surface area contributed by atoms with Crippen molar-refractivity contribution in [2.24, 2.45) is 0 Å².